The van der Waals surface area contributed by atoms with Crippen LogP contribution >= 0.6 is 0 Å². The zero-order valence-corrected chi connectivity index (χ0v) is 15.2. The number of amides is 2. The summed E-state index contributed by atoms with van der Waals surface area (Å²) in [6.07, 6.45) is 1.12. The first-order valence-electron chi connectivity index (χ1n) is 8.23. The largest absolute Gasteiger partial charge is 0.478 e. The van der Waals surface area contributed by atoms with E-state index < -0.39 is 17.7 Å². The van der Waals surface area contributed by atoms with Gasteiger partial charge in [0.15, 0.2) is 0 Å². The summed E-state index contributed by atoms with van der Waals surface area (Å²) in [4.78, 5) is 36.6. The Hall–Kier alpha value is -2.57. The number of carbonyl (C=O) groups is 3. The minimum Gasteiger partial charge on any atom is -0.478 e. The number of aromatic carboxylic acids is 1. The van der Waals surface area contributed by atoms with Crippen LogP contribution in [0.1, 0.15) is 50.9 Å². The number of nitrogens with one attached hydrogen (secondary N) is 1. The predicted octanol–water partition coefficient (Wildman–Crippen LogP) is 3.36. The summed E-state index contributed by atoms with van der Waals surface area (Å²) in [6, 6.07) is 5.82. The molecule has 0 atom stereocenters. The molecule has 0 fully saturated rings. The molecule has 1 rings (SSSR count). The summed E-state index contributed by atoms with van der Waals surface area (Å²) >= 11 is 0. The molecule has 0 aliphatic rings. The molecule has 25 heavy (non-hydrogen) atoms. The van der Waals surface area contributed by atoms with Crippen LogP contribution in [0.3, 0.4) is 0 Å². The summed E-state index contributed by atoms with van der Waals surface area (Å²) in [7, 11) is 0. The van der Waals surface area contributed by atoms with Crippen LogP contribution in [-0.2, 0) is 9.53 Å². The molecular formula is C18H26N2O5. The monoisotopic (exact) mass is 350 g/mol. The topological polar surface area (TPSA) is 95.9 Å². The lowest BCUT2D eigenvalue weighted by atomic mass is 10.2. The lowest BCUT2D eigenvalue weighted by molar-refractivity contribution is -0.117. The van der Waals surface area contributed by atoms with Gasteiger partial charge in [-0.1, -0.05) is 13.3 Å². The first kappa shape index (κ1) is 20.5. The standard InChI is InChI=1S/C18H26N2O5/c1-5-6-11-20(17(24)25-18(2,3)4)12-15(21)19-14-9-7-13(8-10-14)16(22)23/h7-10H,5-6,11-12H2,1-4H3,(H,19,21)(H,22,23). The van der Waals surface area contributed by atoms with Gasteiger partial charge in [-0.25, -0.2) is 9.59 Å². The van der Waals surface area contributed by atoms with Crippen molar-refractivity contribution < 1.29 is 24.2 Å². The SMILES string of the molecule is CCCCN(CC(=O)Nc1ccc(C(=O)O)cc1)C(=O)OC(C)(C)C. The normalized spacial score (nSPS) is 10.9. The molecule has 0 saturated heterocycles. The van der Waals surface area contributed by atoms with E-state index in [-0.39, 0.29) is 18.0 Å². The molecule has 0 aliphatic carbocycles. The van der Waals surface area contributed by atoms with Gasteiger partial charge in [-0.05, 0) is 51.5 Å². The van der Waals surface area contributed by atoms with Crippen molar-refractivity contribution in [3.05, 3.63) is 29.8 Å². The quantitative estimate of drug-likeness (QED) is 0.786. The van der Waals surface area contributed by atoms with E-state index in [0.717, 1.165) is 12.8 Å². The van der Waals surface area contributed by atoms with Crippen LogP contribution in [-0.4, -0.2) is 46.7 Å². The number of hydrogen-bond donors (Lipinski definition) is 2. The minimum absolute atomic E-state index is 0.129. The van der Waals surface area contributed by atoms with Gasteiger partial charge in [0.05, 0.1) is 5.56 Å². The third-order valence-electron chi connectivity index (χ3n) is 3.18. The van der Waals surface area contributed by atoms with Crippen molar-refractivity contribution in [3.63, 3.8) is 0 Å². The molecule has 0 spiro atoms. The average Bonchev–Trinajstić information content (AvgIpc) is 2.50. The number of hydrogen-bond acceptors (Lipinski definition) is 4. The average molecular weight is 350 g/mol. The molecular weight excluding hydrogens is 324 g/mol. The third kappa shape index (κ3) is 7.69. The zero-order chi connectivity index (χ0) is 19.0. The molecule has 7 heteroatoms. The van der Waals surface area contributed by atoms with Crippen molar-refractivity contribution in [1.82, 2.24) is 4.90 Å². The first-order chi connectivity index (χ1) is 11.6. The van der Waals surface area contributed by atoms with Gasteiger partial charge >= 0.3 is 12.1 Å². The highest BCUT2D eigenvalue weighted by molar-refractivity contribution is 5.94. The van der Waals surface area contributed by atoms with E-state index >= 15 is 0 Å². The van der Waals surface area contributed by atoms with Gasteiger partial charge in [-0.15, -0.1) is 0 Å². The van der Waals surface area contributed by atoms with Gasteiger partial charge in [-0.3, -0.25) is 9.69 Å². The summed E-state index contributed by atoms with van der Waals surface area (Å²) in [5, 5.41) is 11.5. The number of ether oxygens (including phenoxy) is 1. The molecule has 138 valence electrons. The highest BCUT2D eigenvalue weighted by Crippen LogP contribution is 2.12. The van der Waals surface area contributed by atoms with Crippen molar-refractivity contribution in [2.24, 2.45) is 0 Å². The molecule has 0 heterocycles. The number of carboxylic acids is 1. The Kier molecular flexibility index (Phi) is 7.42. The van der Waals surface area contributed by atoms with Gasteiger partial charge in [-0.2, -0.15) is 0 Å². The summed E-state index contributed by atoms with van der Waals surface area (Å²) in [5.74, 6) is -1.40. The molecule has 0 aromatic heterocycles. The number of nitrogens with zero attached hydrogens (tertiary/aromatic N) is 1. The molecule has 1 aromatic rings. The Morgan fingerprint density at radius 2 is 1.76 bits per heavy atom. The molecule has 7 nitrogen and oxygen atoms in total. The van der Waals surface area contributed by atoms with Gasteiger partial charge in [0.25, 0.3) is 0 Å². The smallest absolute Gasteiger partial charge is 0.410 e. The zero-order valence-electron chi connectivity index (χ0n) is 15.2. The summed E-state index contributed by atoms with van der Waals surface area (Å²) in [5.41, 5.74) is -0.0315. The number of anilines is 1. The molecule has 0 aliphatic heterocycles. The number of unbranched alkanes of at least 4 members (excludes halogenated alkanes) is 1. The van der Waals surface area contributed by atoms with Crippen molar-refractivity contribution in [1.29, 1.82) is 0 Å². The van der Waals surface area contributed by atoms with Crippen LogP contribution in [0.5, 0.6) is 0 Å². The number of carbonyl (C=O) groups excluding carboxylic acids is 2. The van der Waals surface area contributed by atoms with Crippen LogP contribution in [0, 0.1) is 0 Å². The molecule has 2 N–H and O–H groups in total. The fourth-order valence-electron chi connectivity index (χ4n) is 1.98. The van der Waals surface area contributed by atoms with E-state index in [4.69, 9.17) is 9.84 Å². The van der Waals surface area contributed by atoms with Crippen LogP contribution in [0.15, 0.2) is 24.3 Å². The fraction of sp³-hybridized carbons (Fsp3) is 0.500. The van der Waals surface area contributed by atoms with Crippen molar-refractivity contribution in [3.8, 4) is 0 Å². The number of benzene rings is 1. The number of rotatable bonds is 7. The maximum atomic E-state index is 12.2. The first-order valence-corrected chi connectivity index (χ1v) is 8.23. The highest BCUT2D eigenvalue weighted by atomic mass is 16.6. The van der Waals surface area contributed by atoms with E-state index in [0.29, 0.717) is 12.2 Å². The lowest BCUT2D eigenvalue weighted by Gasteiger charge is -2.27. The molecule has 0 saturated carbocycles. The molecule has 2 amide bonds. The second-order valence-electron chi connectivity index (χ2n) is 6.69. The molecule has 0 bridgehead atoms. The Labute approximate surface area is 148 Å². The van der Waals surface area contributed by atoms with E-state index in [9.17, 15) is 14.4 Å². The van der Waals surface area contributed by atoms with Crippen LogP contribution in [0.4, 0.5) is 10.5 Å². The third-order valence-corrected chi connectivity index (χ3v) is 3.18. The minimum atomic E-state index is -1.03. The lowest BCUT2D eigenvalue weighted by Crippen LogP contribution is -2.41. The second kappa shape index (κ2) is 9.05. The van der Waals surface area contributed by atoms with Crippen molar-refractivity contribution in [2.75, 3.05) is 18.4 Å². The second-order valence-corrected chi connectivity index (χ2v) is 6.69. The van der Waals surface area contributed by atoms with Crippen LogP contribution in [0.25, 0.3) is 0 Å². The van der Waals surface area contributed by atoms with E-state index in [2.05, 4.69) is 5.32 Å². The van der Waals surface area contributed by atoms with Gasteiger partial charge in [0, 0.05) is 12.2 Å². The molecule has 0 unspecified atom stereocenters. The van der Waals surface area contributed by atoms with Crippen molar-refractivity contribution in [2.45, 2.75) is 46.1 Å². The van der Waals surface area contributed by atoms with E-state index in [1.807, 2.05) is 6.92 Å². The highest BCUT2D eigenvalue weighted by Gasteiger charge is 2.23. The summed E-state index contributed by atoms with van der Waals surface area (Å²) in [6.45, 7) is 7.61. The van der Waals surface area contributed by atoms with E-state index in [1.54, 1.807) is 20.8 Å². The molecule has 0 radical (unpaired) electrons. The van der Waals surface area contributed by atoms with Crippen LogP contribution < -0.4 is 5.32 Å². The van der Waals surface area contributed by atoms with Gasteiger partial charge < -0.3 is 15.2 Å². The Morgan fingerprint density at radius 1 is 1.16 bits per heavy atom. The van der Waals surface area contributed by atoms with Crippen molar-refractivity contribution >= 4 is 23.7 Å². The van der Waals surface area contributed by atoms with E-state index in [1.165, 1.54) is 29.2 Å². The Morgan fingerprint density at radius 3 is 2.24 bits per heavy atom. The van der Waals surface area contributed by atoms with Gasteiger partial charge in [0.1, 0.15) is 12.1 Å². The number of carboxylic acid groups (broad SMARTS) is 1. The Balaban J connectivity index is 2.70. The Bertz CT molecular complexity index is 605. The predicted molar refractivity (Wildman–Crippen MR) is 94.7 cm³/mol. The summed E-state index contributed by atoms with van der Waals surface area (Å²) < 4.78 is 5.33. The maximum Gasteiger partial charge on any atom is 0.410 e. The van der Waals surface area contributed by atoms with Gasteiger partial charge in [0.2, 0.25) is 5.91 Å². The fourth-order valence-corrected chi connectivity index (χ4v) is 1.98. The van der Waals surface area contributed by atoms with Crippen LogP contribution in [0.2, 0.25) is 0 Å². The maximum absolute atomic E-state index is 12.2. The molecule has 1 aromatic carbocycles.